The average Bonchev–Trinajstić information content (AvgIpc) is 2.89. The predicted octanol–water partition coefficient (Wildman–Crippen LogP) is -0.606. The first kappa shape index (κ1) is 14.8. The molecule has 118 valence electrons. The SMILES string of the molecule is NC(=O)C1CCCN(C(=O)CN2CC3CCCNC3C2)C1. The second-order valence-corrected chi connectivity index (χ2v) is 6.74. The molecule has 0 spiro atoms. The van der Waals surface area contributed by atoms with Gasteiger partial charge in [-0.05, 0) is 38.1 Å². The lowest BCUT2D eigenvalue weighted by molar-refractivity contribution is -0.135. The maximum Gasteiger partial charge on any atom is 0.236 e. The first-order valence-electron chi connectivity index (χ1n) is 8.16. The Morgan fingerprint density at radius 3 is 2.76 bits per heavy atom. The molecule has 21 heavy (non-hydrogen) atoms. The second kappa shape index (κ2) is 6.32. The quantitative estimate of drug-likeness (QED) is 0.728. The number of hydrogen-bond donors (Lipinski definition) is 2. The molecule has 3 unspecified atom stereocenters. The highest BCUT2D eigenvalue weighted by molar-refractivity contribution is 5.81. The van der Waals surface area contributed by atoms with E-state index in [0.717, 1.165) is 39.0 Å². The number of amides is 2. The van der Waals surface area contributed by atoms with Crippen LogP contribution in [0.1, 0.15) is 25.7 Å². The molecule has 2 amide bonds. The summed E-state index contributed by atoms with van der Waals surface area (Å²) in [6.45, 7) is 4.87. The van der Waals surface area contributed by atoms with Crippen molar-refractivity contribution < 1.29 is 9.59 Å². The van der Waals surface area contributed by atoms with Crippen molar-refractivity contribution in [3.05, 3.63) is 0 Å². The van der Waals surface area contributed by atoms with Gasteiger partial charge in [-0.3, -0.25) is 14.5 Å². The molecule has 6 nitrogen and oxygen atoms in total. The number of nitrogens with zero attached hydrogens (tertiary/aromatic N) is 2. The van der Waals surface area contributed by atoms with Crippen molar-refractivity contribution in [3.63, 3.8) is 0 Å². The summed E-state index contributed by atoms with van der Waals surface area (Å²) in [4.78, 5) is 27.8. The first-order chi connectivity index (χ1) is 10.1. The third-order valence-electron chi connectivity index (χ3n) is 5.21. The van der Waals surface area contributed by atoms with Crippen LogP contribution in [0.5, 0.6) is 0 Å². The van der Waals surface area contributed by atoms with E-state index < -0.39 is 0 Å². The summed E-state index contributed by atoms with van der Waals surface area (Å²) in [6.07, 6.45) is 4.22. The van der Waals surface area contributed by atoms with E-state index >= 15 is 0 Å². The largest absolute Gasteiger partial charge is 0.369 e. The van der Waals surface area contributed by atoms with Crippen molar-refractivity contribution in [3.8, 4) is 0 Å². The van der Waals surface area contributed by atoms with E-state index in [1.165, 1.54) is 12.8 Å². The van der Waals surface area contributed by atoms with E-state index in [4.69, 9.17) is 5.73 Å². The van der Waals surface area contributed by atoms with Crippen LogP contribution in [0.4, 0.5) is 0 Å². The van der Waals surface area contributed by atoms with Gasteiger partial charge in [-0.25, -0.2) is 0 Å². The van der Waals surface area contributed by atoms with E-state index in [2.05, 4.69) is 10.2 Å². The lowest BCUT2D eigenvalue weighted by Crippen LogP contribution is -2.47. The van der Waals surface area contributed by atoms with Crippen LogP contribution in [0.25, 0.3) is 0 Å². The van der Waals surface area contributed by atoms with E-state index in [1.807, 2.05) is 4.90 Å². The molecular formula is C15H26N4O2. The fraction of sp³-hybridized carbons (Fsp3) is 0.867. The van der Waals surface area contributed by atoms with Crippen molar-refractivity contribution in [1.82, 2.24) is 15.1 Å². The number of piperidine rings is 2. The van der Waals surface area contributed by atoms with Crippen LogP contribution in [0.2, 0.25) is 0 Å². The number of nitrogens with one attached hydrogen (secondary N) is 1. The van der Waals surface area contributed by atoms with Crippen LogP contribution < -0.4 is 11.1 Å². The number of hydrogen-bond acceptors (Lipinski definition) is 4. The first-order valence-corrected chi connectivity index (χ1v) is 8.16. The average molecular weight is 294 g/mol. The Balaban J connectivity index is 1.51. The van der Waals surface area contributed by atoms with Crippen molar-refractivity contribution >= 4 is 11.8 Å². The lowest BCUT2D eigenvalue weighted by atomic mass is 9.94. The van der Waals surface area contributed by atoms with Crippen LogP contribution in [0, 0.1) is 11.8 Å². The van der Waals surface area contributed by atoms with Gasteiger partial charge in [-0.2, -0.15) is 0 Å². The molecule has 3 heterocycles. The smallest absolute Gasteiger partial charge is 0.236 e. The molecule has 0 bridgehead atoms. The van der Waals surface area contributed by atoms with Gasteiger partial charge in [-0.15, -0.1) is 0 Å². The zero-order valence-electron chi connectivity index (χ0n) is 12.6. The third kappa shape index (κ3) is 3.37. The Kier molecular flexibility index (Phi) is 4.45. The summed E-state index contributed by atoms with van der Waals surface area (Å²) in [5, 5.41) is 3.56. The van der Waals surface area contributed by atoms with E-state index in [-0.39, 0.29) is 17.7 Å². The summed E-state index contributed by atoms with van der Waals surface area (Å²) in [5.41, 5.74) is 5.38. The summed E-state index contributed by atoms with van der Waals surface area (Å²) in [6, 6.07) is 0.561. The highest BCUT2D eigenvalue weighted by Crippen LogP contribution is 2.25. The monoisotopic (exact) mass is 294 g/mol. The van der Waals surface area contributed by atoms with Crippen LogP contribution in [0.3, 0.4) is 0 Å². The minimum Gasteiger partial charge on any atom is -0.369 e. The zero-order chi connectivity index (χ0) is 14.8. The van der Waals surface area contributed by atoms with Gasteiger partial charge < -0.3 is 16.0 Å². The molecule has 3 atom stereocenters. The van der Waals surface area contributed by atoms with E-state index in [0.29, 0.717) is 25.0 Å². The standard InChI is InChI=1S/C15H26N4O2/c16-15(21)12-4-2-6-19(8-12)14(20)10-18-7-11-3-1-5-17-13(11)9-18/h11-13,17H,1-10H2,(H2,16,21). The fourth-order valence-corrected chi connectivity index (χ4v) is 3.99. The van der Waals surface area contributed by atoms with Gasteiger partial charge in [0.25, 0.3) is 0 Å². The molecule has 0 radical (unpaired) electrons. The van der Waals surface area contributed by atoms with Crippen molar-refractivity contribution in [2.45, 2.75) is 31.7 Å². The minimum atomic E-state index is -0.274. The summed E-state index contributed by atoms with van der Waals surface area (Å²) < 4.78 is 0. The number of likely N-dealkylation sites (tertiary alicyclic amines) is 2. The molecule has 3 rings (SSSR count). The minimum absolute atomic E-state index is 0.152. The van der Waals surface area contributed by atoms with Crippen LogP contribution in [0.15, 0.2) is 0 Å². The van der Waals surface area contributed by atoms with Gasteiger partial charge in [0.1, 0.15) is 0 Å². The van der Waals surface area contributed by atoms with Gasteiger partial charge in [0.15, 0.2) is 0 Å². The van der Waals surface area contributed by atoms with Crippen molar-refractivity contribution in [1.29, 1.82) is 0 Å². The fourth-order valence-electron chi connectivity index (χ4n) is 3.99. The molecular weight excluding hydrogens is 268 g/mol. The lowest BCUT2D eigenvalue weighted by Gasteiger charge is -2.32. The zero-order valence-corrected chi connectivity index (χ0v) is 12.6. The third-order valence-corrected chi connectivity index (χ3v) is 5.21. The van der Waals surface area contributed by atoms with Crippen molar-refractivity contribution in [2.75, 3.05) is 39.3 Å². The molecule has 3 aliphatic rings. The van der Waals surface area contributed by atoms with Gasteiger partial charge in [0.05, 0.1) is 12.5 Å². The Morgan fingerprint density at radius 1 is 1.14 bits per heavy atom. The Morgan fingerprint density at radius 2 is 2.00 bits per heavy atom. The molecule has 3 N–H and O–H groups in total. The van der Waals surface area contributed by atoms with Gasteiger partial charge >= 0.3 is 0 Å². The summed E-state index contributed by atoms with van der Waals surface area (Å²) >= 11 is 0. The molecule has 3 aliphatic heterocycles. The van der Waals surface area contributed by atoms with Gasteiger partial charge in [0.2, 0.25) is 11.8 Å². The highest BCUT2D eigenvalue weighted by Gasteiger charge is 2.36. The molecule has 0 saturated carbocycles. The number of nitrogens with two attached hydrogens (primary N) is 1. The Bertz CT molecular complexity index is 400. The maximum absolute atomic E-state index is 12.4. The van der Waals surface area contributed by atoms with Gasteiger partial charge in [0, 0.05) is 32.2 Å². The van der Waals surface area contributed by atoms with E-state index in [1.54, 1.807) is 0 Å². The number of primary amides is 1. The molecule has 0 aromatic rings. The molecule has 0 aromatic heterocycles. The topological polar surface area (TPSA) is 78.7 Å². The van der Waals surface area contributed by atoms with E-state index in [9.17, 15) is 9.59 Å². The second-order valence-electron chi connectivity index (χ2n) is 6.74. The highest BCUT2D eigenvalue weighted by atomic mass is 16.2. The van der Waals surface area contributed by atoms with Crippen LogP contribution >= 0.6 is 0 Å². The number of carbonyl (C=O) groups is 2. The summed E-state index contributed by atoms with van der Waals surface area (Å²) in [5.74, 6) is 0.417. The van der Waals surface area contributed by atoms with Gasteiger partial charge in [-0.1, -0.05) is 0 Å². The van der Waals surface area contributed by atoms with Crippen LogP contribution in [-0.4, -0.2) is 66.9 Å². The normalized spacial score (nSPS) is 33.7. The predicted molar refractivity (Wildman–Crippen MR) is 79.5 cm³/mol. The molecule has 6 heteroatoms. The molecule has 3 saturated heterocycles. The molecule has 3 fully saturated rings. The Hall–Kier alpha value is -1.14. The molecule has 0 aliphatic carbocycles. The molecule has 0 aromatic carbocycles. The number of carbonyl (C=O) groups excluding carboxylic acids is 2. The van der Waals surface area contributed by atoms with Crippen LogP contribution in [-0.2, 0) is 9.59 Å². The maximum atomic E-state index is 12.4. The van der Waals surface area contributed by atoms with Crippen molar-refractivity contribution in [2.24, 2.45) is 17.6 Å². The Labute approximate surface area is 126 Å². The number of rotatable bonds is 3. The number of fused-ring (bicyclic) bond motifs is 1. The summed E-state index contributed by atoms with van der Waals surface area (Å²) in [7, 11) is 0.